The topological polar surface area (TPSA) is 74.7 Å². The molecule has 1 N–H and O–H groups in total. The van der Waals surface area contributed by atoms with Crippen molar-refractivity contribution in [3.8, 4) is 0 Å². The number of carboxylic acids is 1. The molecule has 0 bridgehead atoms. The van der Waals surface area contributed by atoms with Gasteiger partial charge in [-0.15, -0.1) is 0 Å². The van der Waals surface area contributed by atoms with Gasteiger partial charge in [0.15, 0.2) is 9.84 Å². The van der Waals surface area contributed by atoms with E-state index in [-0.39, 0.29) is 24.0 Å². The lowest BCUT2D eigenvalue weighted by Crippen LogP contribution is -2.54. The normalized spacial score (nSPS) is 30.3. The molecule has 1 heterocycles. The van der Waals surface area contributed by atoms with Crippen LogP contribution in [0.1, 0.15) is 39.0 Å². The van der Waals surface area contributed by atoms with Crippen molar-refractivity contribution in [2.75, 3.05) is 18.1 Å². The zero-order valence-electron chi connectivity index (χ0n) is 11.4. The zero-order valence-corrected chi connectivity index (χ0v) is 12.2. The molecule has 2 aliphatic rings. The van der Waals surface area contributed by atoms with E-state index in [1.54, 1.807) is 0 Å². The van der Waals surface area contributed by atoms with Crippen molar-refractivity contribution in [3.05, 3.63) is 0 Å². The van der Waals surface area contributed by atoms with E-state index in [1.165, 1.54) is 25.7 Å². The van der Waals surface area contributed by atoms with Gasteiger partial charge in [-0.2, -0.15) is 0 Å². The van der Waals surface area contributed by atoms with Crippen molar-refractivity contribution in [2.24, 2.45) is 5.92 Å². The number of carbonyl (C=O) groups is 1. The third-order valence-electron chi connectivity index (χ3n) is 4.59. The SMILES string of the molecule is CC(C1CCCC1)N1CCS(=O)(=O)CC1CC(=O)O. The van der Waals surface area contributed by atoms with Gasteiger partial charge in [-0.25, -0.2) is 8.42 Å². The van der Waals surface area contributed by atoms with Gasteiger partial charge >= 0.3 is 5.97 Å². The molecule has 0 aromatic rings. The Morgan fingerprint density at radius 2 is 2.00 bits per heavy atom. The second-order valence-corrected chi connectivity index (χ2v) is 8.12. The maximum atomic E-state index is 11.7. The molecule has 0 amide bonds. The van der Waals surface area contributed by atoms with Crippen molar-refractivity contribution in [3.63, 3.8) is 0 Å². The largest absolute Gasteiger partial charge is 0.481 e. The minimum Gasteiger partial charge on any atom is -0.481 e. The van der Waals surface area contributed by atoms with Crippen LogP contribution in [0.25, 0.3) is 0 Å². The molecular formula is C13H23NO4S. The van der Waals surface area contributed by atoms with E-state index in [4.69, 9.17) is 5.11 Å². The Morgan fingerprint density at radius 1 is 1.37 bits per heavy atom. The van der Waals surface area contributed by atoms with Crippen LogP contribution >= 0.6 is 0 Å². The molecule has 110 valence electrons. The maximum Gasteiger partial charge on any atom is 0.304 e. The van der Waals surface area contributed by atoms with Crippen LogP contribution in [-0.4, -0.2) is 54.5 Å². The van der Waals surface area contributed by atoms with Crippen LogP contribution in [0.4, 0.5) is 0 Å². The monoisotopic (exact) mass is 289 g/mol. The van der Waals surface area contributed by atoms with Crippen LogP contribution in [0.15, 0.2) is 0 Å². The maximum absolute atomic E-state index is 11.7. The number of nitrogens with zero attached hydrogens (tertiary/aromatic N) is 1. The summed E-state index contributed by atoms with van der Waals surface area (Å²) in [6.45, 7) is 2.61. The molecule has 5 nitrogen and oxygen atoms in total. The summed E-state index contributed by atoms with van der Waals surface area (Å²) in [5.41, 5.74) is 0. The van der Waals surface area contributed by atoms with Crippen molar-refractivity contribution in [2.45, 2.75) is 51.1 Å². The number of aliphatic carboxylic acids is 1. The van der Waals surface area contributed by atoms with E-state index in [9.17, 15) is 13.2 Å². The quantitative estimate of drug-likeness (QED) is 0.840. The molecule has 2 fully saturated rings. The van der Waals surface area contributed by atoms with E-state index in [1.807, 2.05) is 0 Å². The zero-order chi connectivity index (χ0) is 14.0. The standard InChI is InChI=1S/C13H23NO4S/c1-10(11-4-2-3-5-11)14-6-7-19(17,18)9-12(14)8-13(15)16/h10-12H,2-9H2,1H3,(H,15,16). The summed E-state index contributed by atoms with van der Waals surface area (Å²) in [7, 11) is -3.07. The van der Waals surface area contributed by atoms with Crippen LogP contribution in [0.5, 0.6) is 0 Å². The van der Waals surface area contributed by atoms with Crippen molar-refractivity contribution >= 4 is 15.8 Å². The molecule has 1 aliphatic heterocycles. The van der Waals surface area contributed by atoms with Crippen molar-refractivity contribution in [1.82, 2.24) is 4.90 Å². The highest BCUT2D eigenvalue weighted by molar-refractivity contribution is 7.91. The smallest absolute Gasteiger partial charge is 0.304 e. The van der Waals surface area contributed by atoms with Crippen LogP contribution in [-0.2, 0) is 14.6 Å². The van der Waals surface area contributed by atoms with Gasteiger partial charge in [-0.3, -0.25) is 9.69 Å². The minimum absolute atomic E-state index is 0.00361. The number of carboxylic acid groups (broad SMARTS) is 1. The number of hydrogen-bond donors (Lipinski definition) is 1. The highest BCUT2D eigenvalue weighted by Gasteiger charge is 2.37. The van der Waals surface area contributed by atoms with Gasteiger partial charge in [0.1, 0.15) is 0 Å². The average Bonchev–Trinajstić information content (AvgIpc) is 2.79. The highest BCUT2D eigenvalue weighted by atomic mass is 32.2. The molecule has 0 radical (unpaired) electrons. The van der Waals surface area contributed by atoms with E-state index in [0.717, 1.165) is 0 Å². The lowest BCUT2D eigenvalue weighted by atomic mass is 9.96. The molecule has 0 aromatic heterocycles. The van der Waals surface area contributed by atoms with Gasteiger partial charge in [-0.1, -0.05) is 12.8 Å². The lowest BCUT2D eigenvalue weighted by molar-refractivity contribution is -0.138. The third-order valence-corrected chi connectivity index (χ3v) is 6.29. The first-order chi connectivity index (χ1) is 8.89. The molecule has 1 aliphatic carbocycles. The van der Waals surface area contributed by atoms with Crippen molar-refractivity contribution in [1.29, 1.82) is 0 Å². The summed E-state index contributed by atoms with van der Waals surface area (Å²) in [6.07, 6.45) is 4.78. The van der Waals surface area contributed by atoms with E-state index >= 15 is 0 Å². The van der Waals surface area contributed by atoms with E-state index in [0.29, 0.717) is 18.5 Å². The predicted octanol–water partition coefficient (Wildman–Crippen LogP) is 1.14. The molecule has 1 saturated carbocycles. The fraction of sp³-hybridized carbons (Fsp3) is 0.923. The fourth-order valence-electron chi connectivity index (χ4n) is 3.52. The summed E-state index contributed by atoms with van der Waals surface area (Å²) in [5.74, 6) is -0.154. The van der Waals surface area contributed by atoms with Gasteiger partial charge in [0.05, 0.1) is 17.9 Å². The van der Waals surface area contributed by atoms with Gasteiger partial charge in [0.2, 0.25) is 0 Å². The van der Waals surface area contributed by atoms with Crippen LogP contribution in [0, 0.1) is 5.92 Å². The first kappa shape index (κ1) is 14.8. The van der Waals surface area contributed by atoms with Crippen molar-refractivity contribution < 1.29 is 18.3 Å². The first-order valence-corrected chi connectivity index (χ1v) is 8.89. The minimum atomic E-state index is -3.07. The summed E-state index contributed by atoms with van der Waals surface area (Å²) in [4.78, 5) is 13.1. The Labute approximate surface area is 114 Å². The fourth-order valence-corrected chi connectivity index (χ4v) is 5.07. The Hall–Kier alpha value is -0.620. The van der Waals surface area contributed by atoms with E-state index < -0.39 is 15.8 Å². The summed E-state index contributed by atoms with van der Waals surface area (Å²) < 4.78 is 23.4. The Bertz CT molecular complexity index is 428. The average molecular weight is 289 g/mol. The van der Waals surface area contributed by atoms with Gasteiger partial charge in [0, 0.05) is 18.6 Å². The van der Waals surface area contributed by atoms with Crippen LogP contribution < -0.4 is 0 Å². The second kappa shape index (κ2) is 5.79. The summed E-state index contributed by atoms with van der Waals surface area (Å²) in [6, 6.07) is -0.0609. The molecule has 0 aromatic carbocycles. The Balaban J connectivity index is 2.09. The molecule has 2 rings (SSSR count). The van der Waals surface area contributed by atoms with E-state index in [2.05, 4.69) is 11.8 Å². The molecule has 2 atom stereocenters. The Morgan fingerprint density at radius 3 is 2.58 bits per heavy atom. The summed E-state index contributed by atoms with van der Waals surface area (Å²) in [5, 5.41) is 8.98. The molecule has 0 spiro atoms. The number of rotatable bonds is 4. The van der Waals surface area contributed by atoms with Crippen LogP contribution in [0.3, 0.4) is 0 Å². The lowest BCUT2D eigenvalue weighted by Gasteiger charge is -2.41. The number of hydrogen-bond acceptors (Lipinski definition) is 4. The Kier molecular flexibility index (Phi) is 4.50. The molecule has 1 saturated heterocycles. The molecule has 19 heavy (non-hydrogen) atoms. The van der Waals surface area contributed by atoms with Gasteiger partial charge in [-0.05, 0) is 25.7 Å². The third kappa shape index (κ3) is 3.69. The molecule has 6 heteroatoms. The van der Waals surface area contributed by atoms with Crippen LogP contribution in [0.2, 0.25) is 0 Å². The predicted molar refractivity (Wildman–Crippen MR) is 72.8 cm³/mol. The highest BCUT2D eigenvalue weighted by Crippen LogP contribution is 2.32. The molecular weight excluding hydrogens is 266 g/mol. The van der Waals surface area contributed by atoms with Gasteiger partial charge in [0.25, 0.3) is 0 Å². The first-order valence-electron chi connectivity index (χ1n) is 7.07. The summed E-state index contributed by atoms with van der Waals surface area (Å²) >= 11 is 0. The molecule has 2 unspecified atom stereocenters. The second-order valence-electron chi connectivity index (χ2n) is 5.89. The number of sulfone groups is 1. The van der Waals surface area contributed by atoms with Gasteiger partial charge < -0.3 is 5.11 Å².